The number of allylic oxidation sites excluding steroid dienone is 3. The molecule has 0 aromatic rings. The van der Waals surface area contributed by atoms with Crippen LogP contribution >= 0.6 is 27.5 Å². The van der Waals surface area contributed by atoms with E-state index < -0.39 is 0 Å². The fourth-order valence-electron chi connectivity index (χ4n) is 1.99. The molecule has 0 amide bonds. The van der Waals surface area contributed by atoms with Gasteiger partial charge in [0.1, 0.15) is 0 Å². The first kappa shape index (κ1) is 12.3. The van der Waals surface area contributed by atoms with Gasteiger partial charge in [-0.1, -0.05) is 37.4 Å². The average molecular weight is 278 g/mol. The fraction of sp³-hybridized carbons (Fsp3) is 0.667. The highest BCUT2D eigenvalue weighted by molar-refractivity contribution is 9.12. The summed E-state index contributed by atoms with van der Waals surface area (Å²) in [6.07, 6.45) is 12.3. The Bertz CT molecular complexity index is 226. The quantitative estimate of drug-likeness (QED) is 0.647. The van der Waals surface area contributed by atoms with Crippen LogP contribution in [0.2, 0.25) is 0 Å². The molecule has 0 saturated carbocycles. The number of unbranched alkanes of at least 4 members (excludes halogenated alkanes) is 1. The van der Waals surface area contributed by atoms with Crippen LogP contribution in [-0.2, 0) is 0 Å². The van der Waals surface area contributed by atoms with Gasteiger partial charge in [-0.15, -0.1) is 0 Å². The summed E-state index contributed by atoms with van der Waals surface area (Å²) in [5.74, 6) is 0.790. The first-order valence-electron chi connectivity index (χ1n) is 5.45. The van der Waals surface area contributed by atoms with E-state index in [1.165, 1.54) is 44.1 Å². The van der Waals surface area contributed by atoms with Crippen LogP contribution in [0.15, 0.2) is 21.7 Å². The van der Waals surface area contributed by atoms with Crippen molar-refractivity contribution in [2.45, 2.75) is 45.4 Å². The van der Waals surface area contributed by atoms with Gasteiger partial charge in [0.2, 0.25) is 0 Å². The van der Waals surface area contributed by atoms with Crippen molar-refractivity contribution in [2.24, 2.45) is 5.92 Å². The molecule has 0 heterocycles. The highest BCUT2D eigenvalue weighted by atomic mass is 79.9. The number of halogens is 2. The summed E-state index contributed by atoms with van der Waals surface area (Å²) in [6.45, 7) is 2.25. The van der Waals surface area contributed by atoms with Gasteiger partial charge in [0.05, 0.1) is 3.94 Å². The van der Waals surface area contributed by atoms with Gasteiger partial charge in [-0.25, -0.2) is 0 Å². The molecule has 1 aliphatic rings. The predicted molar refractivity (Wildman–Crippen MR) is 67.8 cm³/mol. The van der Waals surface area contributed by atoms with Crippen LogP contribution in [0.3, 0.4) is 0 Å². The van der Waals surface area contributed by atoms with Crippen LogP contribution in [0.25, 0.3) is 0 Å². The highest BCUT2D eigenvalue weighted by Gasteiger charge is 2.11. The molecule has 1 atom stereocenters. The molecular formula is C12H18BrCl. The third-order valence-electron chi connectivity index (χ3n) is 2.71. The summed E-state index contributed by atoms with van der Waals surface area (Å²) in [6, 6.07) is 0. The minimum absolute atomic E-state index is 0.722. The van der Waals surface area contributed by atoms with E-state index in [0.717, 1.165) is 9.86 Å². The van der Waals surface area contributed by atoms with Crippen molar-refractivity contribution >= 4 is 27.5 Å². The lowest BCUT2D eigenvalue weighted by molar-refractivity contribution is 0.480. The van der Waals surface area contributed by atoms with Gasteiger partial charge in [-0.2, -0.15) is 0 Å². The zero-order chi connectivity index (χ0) is 10.4. The van der Waals surface area contributed by atoms with Crippen molar-refractivity contribution in [2.75, 3.05) is 0 Å². The maximum atomic E-state index is 5.80. The summed E-state index contributed by atoms with van der Waals surface area (Å²) in [4.78, 5) is 0. The molecule has 80 valence electrons. The van der Waals surface area contributed by atoms with Crippen LogP contribution < -0.4 is 0 Å². The Morgan fingerprint density at radius 2 is 2.50 bits per heavy atom. The fourth-order valence-corrected chi connectivity index (χ4v) is 2.43. The van der Waals surface area contributed by atoms with Crippen LogP contribution in [0.5, 0.6) is 0 Å². The van der Waals surface area contributed by atoms with Crippen molar-refractivity contribution < 1.29 is 0 Å². The minimum atomic E-state index is 0.722. The summed E-state index contributed by atoms with van der Waals surface area (Å²) in [7, 11) is 0. The SMILES string of the molecule is CCCCC1C=C(C=C(Cl)Br)CCC1. The molecule has 0 aliphatic heterocycles. The van der Waals surface area contributed by atoms with Crippen LogP contribution in [-0.4, -0.2) is 0 Å². The van der Waals surface area contributed by atoms with Gasteiger partial charge in [-0.05, 0) is 59.2 Å². The topological polar surface area (TPSA) is 0 Å². The molecule has 0 aromatic carbocycles. The van der Waals surface area contributed by atoms with Crippen molar-refractivity contribution in [3.63, 3.8) is 0 Å². The molecular weight excluding hydrogens is 259 g/mol. The Morgan fingerprint density at radius 3 is 3.14 bits per heavy atom. The number of hydrogen-bond donors (Lipinski definition) is 0. The Labute approximate surface area is 101 Å². The highest BCUT2D eigenvalue weighted by Crippen LogP contribution is 2.29. The summed E-state index contributed by atoms with van der Waals surface area (Å²) >= 11 is 9.07. The predicted octanol–water partition coefficient (Wildman–Crippen LogP) is 5.38. The third-order valence-corrected chi connectivity index (χ3v) is 3.05. The van der Waals surface area contributed by atoms with Crippen LogP contribution in [0.4, 0.5) is 0 Å². The molecule has 14 heavy (non-hydrogen) atoms. The Kier molecular flexibility index (Phi) is 5.88. The Hall–Kier alpha value is 0.250. The molecule has 0 N–H and O–H groups in total. The Balaban J connectivity index is 2.50. The number of rotatable bonds is 4. The molecule has 0 bridgehead atoms. The van der Waals surface area contributed by atoms with E-state index in [1.807, 2.05) is 6.08 Å². The zero-order valence-electron chi connectivity index (χ0n) is 8.73. The molecule has 1 unspecified atom stereocenters. The first-order chi connectivity index (χ1) is 6.72. The molecule has 0 saturated heterocycles. The van der Waals surface area contributed by atoms with Gasteiger partial charge in [0.15, 0.2) is 0 Å². The van der Waals surface area contributed by atoms with E-state index in [1.54, 1.807) is 0 Å². The maximum absolute atomic E-state index is 5.80. The molecule has 1 aliphatic carbocycles. The lowest BCUT2D eigenvalue weighted by Crippen LogP contribution is -2.03. The molecule has 0 radical (unpaired) electrons. The average Bonchev–Trinajstić information content (AvgIpc) is 2.14. The second-order valence-electron chi connectivity index (χ2n) is 3.97. The third kappa shape index (κ3) is 4.65. The van der Waals surface area contributed by atoms with E-state index in [-0.39, 0.29) is 0 Å². The lowest BCUT2D eigenvalue weighted by Gasteiger charge is -2.19. The molecule has 0 fully saturated rings. The summed E-state index contributed by atoms with van der Waals surface area (Å²) in [5, 5.41) is 0. The van der Waals surface area contributed by atoms with Crippen molar-refractivity contribution in [3.05, 3.63) is 21.7 Å². The minimum Gasteiger partial charge on any atom is -0.0781 e. The Morgan fingerprint density at radius 1 is 1.71 bits per heavy atom. The zero-order valence-corrected chi connectivity index (χ0v) is 11.1. The second-order valence-corrected chi connectivity index (χ2v) is 5.69. The van der Waals surface area contributed by atoms with E-state index in [0.29, 0.717) is 0 Å². The summed E-state index contributed by atoms with van der Waals surface area (Å²) < 4.78 is 0.722. The largest absolute Gasteiger partial charge is 0.0836 e. The van der Waals surface area contributed by atoms with Gasteiger partial charge >= 0.3 is 0 Å². The maximum Gasteiger partial charge on any atom is 0.0836 e. The van der Waals surface area contributed by atoms with Crippen molar-refractivity contribution in [3.8, 4) is 0 Å². The smallest absolute Gasteiger partial charge is 0.0781 e. The number of hydrogen-bond acceptors (Lipinski definition) is 0. The molecule has 2 heteroatoms. The van der Waals surface area contributed by atoms with Gasteiger partial charge < -0.3 is 0 Å². The van der Waals surface area contributed by atoms with Crippen molar-refractivity contribution in [1.82, 2.24) is 0 Å². The van der Waals surface area contributed by atoms with Gasteiger partial charge in [-0.3, -0.25) is 0 Å². The lowest BCUT2D eigenvalue weighted by atomic mass is 9.87. The normalized spacial score (nSPS) is 23.5. The van der Waals surface area contributed by atoms with E-state index >= 15 is 0 Å². The summed E-state index contributed by atoms with van der Waals surface area (Å²) in [5.41, 5.74) is 1.40. The second kappa shape index (κ2) is 6.68. The molecule has 0 aromatic heterocycles. The first-order valence-corrected chi connectivity index (χ1v) is 6.63. The van der Waals surface area contributed by atoms with Crippen LogP contribution in [0.1, 0.15) is 45.4 Å². The standard InChI is InChI=1S/C12H18BrCl/c1-2-3-5-10-6-4-7-11(8-10)9-12(13)14/h8-10H,2-7H2,1H3. The molecule has 1 rings (SSSR count). The van der Waals surface area contributed by atoms with Crippen LogP contribution in [0, 0.1) is 5.92 Å². The monoisotopic (exact) mass is 276 g/mol. The molecule has 0 spiro atoms. The van der Waals surface area contributed by atoms with E-state index in [2.05, 4.69) is 28.9 Å². The van der Waals surface area contributed by atoms with Gasteiger partial charge in [0.25, 0.3) is 0 Å². The molecule has 0 nitrogen and oxygen atoms in total. The van der Waals surface area contributed by atoms with E-state index in [9.17, 15) is 0 Å². The van der Waals surface area contributed by atoms with Gasteiger partial charge in [0, 0.05) is 0 Å². The van der Waals surface area contributed by atoms with Crippen molar-refractivity contribution in [1.29, 1.82) is 0 Å². The van der Waals surface area contributed by atoms with E-state index in [4.69, 9.17) is 11.6 Å².